The van der Waals surface area contributed by atoms with Crippen LogP contribution in [0.25, 0.3) is 10.9 Å². The second-order valence-electron chi connectivity index (χ2n) is 5.30. The molecule has 3 rings (SSSR count). The molecule has 3 heterocycles. The molecule has 0 spiro atoms. The van der Waals surface area contributed by atoms with Gasteiger partial charge in [0.25, 0.3) is 0 Å². The molecular formula is C15H13Cl2FN4. The highest BCUT2D eigenvalue weighted by Gasteiger charge is 2.24. The lowest BCUT2D eigenvalue weighted by atomic mass is 9.95. The Balaban J connectivity index is 2.07. The van der Waals surface area contributed by atoms with Crippen LogP contribution >= 0.6 is 23.2 Å². The van der Waals surface area contributed by atoms with E-state index in [1.807, 2.05) is 0 Å². The smallest absolute Gasteiger partial charge is 0.225 e. The van der Waals surface area contributed by atoms with Crippen LogP contribution in [0.1, 0.15) is 19.3 Å². The fourth-order valence-electron chi connectivity index (χ4n) is 2.82. The molecule has 0 amide bonds. The first-order chi connectivity index (χ1) is 10.6. The highest BCUT2D eigenvalue weighted by atomic mass is 35.5. The quantitative estimate of drug-likeness (QED) is 0.475. The van der Waals surface area contributed by atoms with Gasteiger partial charge in [0, 0.05) is 25.7 Å². The standard InChI is InChI=1S/C15H13Cl2FN4/c1-2-4-9-5-3-6-22(8-9)14-10-7-19-13(16)11(18)12(10)20-15(17)21-14/h1,7,9H,3-6,8H2. The molecule has 1 fully saturated rings. The molecule has 1 atom stereocenters. The van der Waals surface area contributed by atoms with Crippen molar-refractivity contribution < 1.29 is 4.39 Å². The molecular weight excluding hydrogens is 326 g/mol. The predicted molar refractivity (Wildman–Crippen MR) is 85.7 cm³/mol. The van der Waals surface area contributed by atoms with Crippen LogP contribution in [0.3, 0.4) is 0 Å². The molecule has 1 saturated heterocycles. The van der Waals surface area contributed by atoms with Crippen LogP contribution in [0.5, 0.6) is 0 Å². The Bertz CT molecular complexity index is 759. The third-order valence-electron chi connectivity index (χ3n) is 3.82. The molecule has 22 heavy (non-hydrogen) atoms. The van der Waals surface area contributed by atoms with Gasteiger partial charge in [-0.3, -0.25) is 0 Å². The number of aromatic nitrogens is 3. The summed E-state index contributed by atoms with van der Waals surface area (Å²) in [5, 5.41) is 0.271. The van der Waals surface area contributed by atoms with E-state index in [4.69, 9.17) is 29.6 Å². The third kappa shape index (κ3) is 2.81. The summed E-state index contributed by atoms with van der Waals surface area (Å²) in [4.78, 5) is 14.1. The first kappa shape index (κ1) is 15.3. The van der Waals surface area contributed by atoms with E-state index in [0.29, 0.717) is 23.5 Å². The van der Waals surface area contributed by atoms with E-state index in [9.17, 15) is 4.39 Å². The van der Waals surface area contributed by atoms with Crippen LogP contribution in [0, 0.1) is 24.1 Å². The average Bonchev–Trinajstić information content (AvgIpc) is 2.51. The molecule has 1 unspecified atom stereocenters. The third-order valence-corrected chi connectivity index (χ3v) is 4.25. The zero-order valence-corrected chi connectivity index (χ0v) is 13.2. The summed E-state index contributed by atoms with van der Waals surface area (Å²) in [7, 11) is 0. The Hall–Kier alpha value is -1.64. The number of pyridine rings is 1. The maximum Gasteiger partial charge on any atom is 0.225 e. The van der Waals surface area contributed by atoms with Gasteiger partial charge >= 0.3 is 0 Å². The molecule has 0 aromatic carbocycles. The van der Waals surface area contributed by atoms with Gasteiger partial charge in [0.15, 0.2) is 11.0 Å². The van der Waals surface area contributed by atoms with E-state index in [-0.39, 0.29) is 16.0 Å². The monoisotopic (exact) mass is 338 g/mol. The topological polar surface area (TPSA) is 41.9 Å². The van der Waals surface area contributed by atoms with Gasteiger partial charge in [-0.15, -0.1) is 12.3 Å². The van der Waals surface area contributed by atoms with E-state index in [0.717, 1.165) is 25.9 Å². The SMILES string of the molecule is C#CCC1CCCN(c2nc(Cl)nc3c(F)c(Cl)ncc23)C1. The van der Waals surface area contributed by atoms with E-state index in [1.165, 1.54) is 6.20 Å². The van der Waals surface area contributed by atoms with Crippen molar-refractivity contribution in [2.45, 2.75) is 19.3 Å². The number of rotatable bonds is 2. The molecule has 2 aromatic heterocycles. The summed E-state index contributed by atoms with van der Waals surface area (Å²) < 4.78 is 14.1. The normalized spacial score (nSPS) is 18.5. The van der Waals surface area contributed by atoms with Gasteiger partial charge in [-0.25, -0.2) is 14.4 Å². The summed E-state index contributed by atoms with van der Waals surface area (Å²) in [5.41, 5.74) is 0.0917. The predicted octanol–water partition coefficient (Wildman–Crippen LogP) is 3.71. The number of terminal acetylenes is 1. The summed E-state index contributed by atoms with van der Waals surface area (Å²) >= 11 is 11.7. The van der Waals surface area contributed by atoms with Crippen molar-refractivity contribution in [2.24, 2.45) is 5.92 Å². The number of hydrogen-bond donors (Lipinski definition) is 0. The molecule has 0 bridgehead atoms. The van der Waals surface area contributed by atoms with E-state index in [1.54, 1.807) is 0 Å². The van der Waals surface area contributed by atoms with Crippen LogP contribution < -0.4 is 4.90 Å². The second kappa shape index (κ2) is 6.23. The minimum atomic E-state index is -0.679. The van der Waals surface area contributed by atoms with Crippen LogP contribution in [0.15, 0.2) is 6.20 Å². The first-order valence-corrected chi connectivity index (χ1v) is 7.71. The molecule has 0 saturated carbocycles. The number of halogens is 3. The van der Waals surface area contributed by atoms with Gasteiger partial charge in [0.2, 0.25) is 5.28 Å². The van der Waals surface area contributed by atoms with Gasteiger partial charge < -0.3 is 4.90 Å². The molecule has 4 nitrogen and oxygen atoms in total. The van der Waals surface area contributed by atoms with Gasteiger partial charge in [-0.1, -0.05) is 11.6 Å². The van der Waals surface area contributed by atoms with Crippen LogP contribution in [0.4, 0.5) is 10.2 Å². The number of anilines is 1. The lowest BCUT2D eigenvalue weighted by Crippen LogP contribution is -2.36. The largest absolute Gasteiger partial charge is 0.356 e. The Morgan fingerprint density at radius 1 is 1.41 bits per heavy atom. The highest BCUT2D eigenvalue weighted by Crippen LogP contribution is 2.31. The molecule has 0 aliphatic carbocycles. The first-order valence-electron chi connectivity index (χ1n) is 6.95. The molecule has 114 valence electrons. The highest BCUT2D eigenvalue weighted by molar-refractivity contribution is 6.30. The number of piperidine rings is 1. The van der Waals surface area contributed by atoms with Crippen LogP contribution in [0.2, 0.25) is 10.4 Å². The van der Waals surface area contributed by atoms with Crippen molar-refractivity contribution in [1.29, 1.82) is 0 Å². The number of fused-ring (bicyclic) bond motifs is 1. The molecule has 2 aromatic rings. The van der Waals surface area contributed by atoms with E-state index in [2.05, 4.69) is 25.8 Å². The Labute approximate surface area is 137 Å². The lowest BCUT2D eigenvalue weighted by Gasteiger charge is -2.33. The lowest BCUT2D eigenvalue weighted by molar-refractivity contribution is 0.422. The Morgan fingerprint density at radius 3 is 3.00 bits per heavy atom. The van der Waals surface area contributed by atoms with E-state index < -0.39 is 5.82 Å². The maximum absolute atomic E-state index is 14.1. The molecule has 1 aliphatic heterocycles. The van der Waals surface area contributed by atoms with Crippen molar-refractivity contribution >= 4 is 39.9 Å². The fourth-order valence-corrected chi connectivity index (χ4v) is 3.13. The van der Waals surface area contributed by atoms with Gasteiger partial charge in [-0.2, -0.15) is 4.98 Å². The van der Waals surface area contributed by atoms with Crippen LogP contribution in [-0.4, -0.2) is 28.0 Å². The van der Waals surface area contributed by atoms with E-state index >= 15 is 0 Å². The molecule has 0 N–H and O–H groups in total. The molecule has 0 radical (unpaired) electrons. The minimum absolute atomic E-state index is 0.0114. The Kier molecular flexibility index (Phi) is 4.32. The van der Waals surface area contributed by atoms with Gasteiger partial charge in [0.05, 0.1) is 5.39 Å². The van der Waals surface area contributed by atoms with Crippen molar-refractivity contribution in [2.75, 3.05) is 18.0 Å². The zero-order valence-electron chi connectivity index (χ0n) is 11.7. The fraction of sp³-hybridized carbons (Fsp3) is 0.400. The zero-order chi connectivity index (χ0) is 15.7. The maximum atomic E-state index is 14.1. The number of hydrogen-bond acceptors (Lipinski definition) is 4. The number of nitrogens with zero attached hydrogens (tertiary/aromatic N) is 4. The second-order valence-corrected chi connectivity index (χ2v) is 6.00. The molecule has 1 aliphatic rings. The summed E-state index contributed by atoms with van der Waals surface area (Å²) in [6.07, 6.45) is 9.68. The van der Waals surface area contributed by atoms with Crippen molar-refractivity contribution in [1.82, 2.24) is 15.0 Å². The summed E-state index contributed by atoms with van der Waals surface area (Å²) in [6, 6.07) is 0. The van der Waals surface area contributed by atoms with Crippen molar-refractivity contribution in [3.05, 3.63) is 22.5 Å². The average molecular weight is 339 g/mol. The Morgan fingerprint density at radius 2 is 2.23 bits per heavy atom. The van der Waals surface area contributed by atoms with Crippen molar-refractivity contribution in [3.8, 4) is 12.3 Å². The summed E-state index contributed by atoms with van der Waals surface area (Å²) in [6.45, 7) is 1.57. The minimum Gasteiger partial charge on any atom is -0.356 e. The van der Waals surface area contributed by atoms with Crippen LogP contribution in [-0.2, 0) is 0 Å². The van der Waals surface area contributed by atoms with Gasteiger partial charge in [0.1, 0.15) is 11.3 Å². The summed E-state index contributed by atoms with van der Waals surface area (Å²) in [5.74, 6) is 3.00. The molecule has 7 heteroatoms. The van der Waals surface area contributed by atoms with Gasteiger partial charge in [-0.05, 0) is 30.4 Å². The van der Waals surface area contributed by atoms with Crippen molar-refractivity contribution in [3.63, 3.8) is 0 Å².